The van der Waals surface area contributed by atoms with E-state index in [4.69, 9.17) is 16.7 Å². The van der Waals surface area contributed by atoms with Crippen molar-refractivity contribution in [3.05, 3.63) is 24.3 Å². The maximum Gasteiger partial charge on any atom is 0.303 e. The summed E-state index contributed by atoms with van der Waals surface area (Å²) in [5.41, 5.74) is 0. The third-order valence-corrected chi connectivity index (χ3v) is 1.80. The van der Waals surface area contributed by atoms with Gasteiger partial charge >= 0.3 is 5.97 Å². The number of carboxylic acid groups (broad SMARTS) is 1. The summed E-state index contributed by atoms with van der Waals surface area (Å²) in [6.07, 6.45) is 9.17. The van der Waals surface area contributed by atoms with Crippen molar-refractivity contribution >= 4 is 17.6 Å². The Morgan fingerprint density at radius 2 is 2.23 bits per heavy atom. The van der Waals surface area contributed by atoms with Crippen LogP contribution in [-0.4, -0.2) is 16.5 Å². The van der Waals surface area contributed by atoms with Gasteiger partial charge in [0, 0.05) is 6.42 Å². The Bertz CT molecular complexity index is 197. The monoisotopic (exact) mass is 202 g/mol. The molecule has 13 heavy (non-hydrogen) atoms. The molecule has 0 aromatic heterocycles. The van der Waals surface area contributed by atoms with Crippen LogP contribution in [0.15, 0.2) is 24.3 Å². The van der Waals surface area contributed by atoms with Crippen LogP contribution in [0.2, 0.25) is 0 Å². The maximum absolute atomic E-state index is 10.2. The van der Waals surface area contributed by atoms with Gasteiger partial charge in [-0.25, -0.2) is 0 Å². The molecular weight excluding hydrogens is 188 g/mol. The van der Waals surface area contributed by atoms with Crippen LogP contribution in [0.4, 0.5) is 0 Å². The lowest BCUT2D eigenvalue weighted by molar-refractivity contribution is -0.137. The van der Waals surface area contributed by atoms with Crippen LogP contribution in [0.5, 0.6) is 0 Å². The Morgan fingerprint density at radius 1 is 1.54 bits per heavy atom. The number of carbonyl (C=O) groups is 1. The van der Waals surface area contributed by atoms with E-state index in [1.165, 1.54) is 0 Å². The lowest BCUT2D eigenvalue weighted by Gasteiger charge is -1.98. The second-order valence-corrected chi connectivity index (χ2v) is 3.23. The van der Waals surface area contributed by atoms with Crippen LogP contribution in [-0.2, 0) is 4.79 Å². The highest BCUT2D eigenvalue weighted by Gasteiger charge is 2.02. The fourth-order valence-electron chi connectivity index (χ4n) is 0.757. The van der Waals surface area contributed by atoms with Crippen LogP contribution < -0.4 is 0 Å². The van der Waals surface area contributed by atoms with Crippen molar-refractivity contribution in [1.29, 1.82) is 0 Å². The van der Waals surface area contributed by atoms with Gasteiger partial charge in [-0.2, -0.15) is 0 Å². The van der Waals surface area contributed by atoms with Crippen LogP contribution in [0.3, 0.4) is 0 Å². The Balaban J connectivity index is 3.60. The first-order valence-corrected chi connectivity index (χ1v) is 4.79. The zero-order chi connectivity index (χ0) is 10.1. The molecule has 0 aliphatic rings. The Morgan fingerprint density at radius 3 is 2.77 bits per heavy atom. The molecule has 0 spiro atoms. The second kappa shape index (κ2) is 7.87. The van der Waals surface area contributed by atoms with E-state index in [1.54, 1.807) is 6.08 Å². The van der Waals surface area contributed by atoms with Crippen molar-refractivity contribution in [1.82, 2.24) is 0 Å². The van der Waals surface area contributed by atoms with Gasteiger partial charge in [0.05, 0.1) is 5.38 Å². The molecule has 3 heteroatoms. The van der Waals surface area contributed by atoms with Crippen LogP contribution in [0.1, 0.15) is 26.2 Å². The van der Waals surface area contributed by atoms with Crippen molar-refractivity contribution in [3.8, 4) is 0 Å². The molecule has 0 aliphatic heterocycles. The Kier molecular flexibility index (Phi) is 7.41. The Hall–Kier alpha value is -0.760. The standard InChI is InChI=1S/C10H15ClO2/c1-2-3-4-5-6-9(11)7-8-10(12)13/h3-6,9H,2,7-8H2,1H3,(H,12,13). The third kappa shape index (κ3) is 9.15. The van der Waals surface area contributed by atoms with Gasteiger partial charge in [-0.05, 0) is 12.8 Å². The highest BCUT2D eigenvalue weighted by molar-refractivity contribution is 6.21. The quantitative estimate of drug-likeness (QED) is 0.531. The summed E-state index contributed by atoms with van der Waals surface area (Å²) in [4.78, 5) is 10.2. The molecule has 0 aromatic rings. The molecule has 1 N–H and O–H groups in total. The van der Waals surface area contributed by atoms with Gasteiger partial charge in [0.1, 0.15) is 0 Å². The molecule has 0 heterocycles. The van der Waals surface area contributed by atoms with E-state index in [-0.39, 0.29) is 11.8 Å². The van der Waals surface area contributed by atoms with E-state index < -0.39 is 5.97 Å². The van der Waals surface area contributed by atoms with E-state index in [9.17, 15) is 4.79 Å². The molecule has 0 bridgehead atoms. The van der Waals surface area contributed by atoms with Crippen molar-refractivity contribution < 1.29 is 9.90 Å². The molecule has 0 aliphatic carbocycles. The van der Waals surface area contributed by atoms with Gasteiger partial charge in [0.15, 0.2) is 0 Å². The van der Waals surface area contributed by atoms with Gasteiger partial charge < -0.3 is 5.11 Å². The smallest absolute Gasteiger partial charge is 0.303 e. The van der Waals surface area contributed by atoms with E-state index in [1.807, 2.05) is 25.2 Å². The highest BCUT2D eigenvalue weighted by atomic mass is 35.5. The molecule has 0 rings (SSSR count). The first kappa shape index (κ1) is 12.2. The highest BCUT2D eigenvalue weighted by Crippen LogP contribution is 2.06. The largest absolute Gasteiger partial charge is 0.481 e. The van der Waals surface area contributed by atoms with E-state index in [0.29, 0.717) is 6.42 Å². The van der Waals surface area contributed by atoms with Crippen molar-refractivity contribution in [2.45, 2.75) is 31.6 Å². The summed E-state index contributed by atoms with van der Waals surface area (Å²) in [7, 11) is 0. The molecule has 0 aromatic carbocycles. The Labute approximate surface area is 83.9 Å². The predicted molar refractivity (Wildman–Crippen MR) is 55.1 cm³/mol. The molecule has 1 atom stereocenters. The van der Waals surface area contributed by atoms with Gasteiger partial charge in [-0.1, -0.05) is 31.2 Å². The number of hydrogen-bond acceptors (Lipinski definition) is 1. The second-order valence-electron chi connectivity index (χ2n) is 2.67. The average molecular weight is 203 g/mol. The van der Waals surface area contributed by atoms with Crippen molar-refractivity contribution in [2.75, 3.05) is 0 Å². The summed E-state index contributed by atoms with van der Waals surface area (Å²) in [5.74, 6) is -0.803. The van der Waals surface area contributed by atoms with Gasteiger partial charge in [-0.15, -0.1) is 11.6 Å². The topological polar surface area (TPSA) is 37.3 Å². The minimum atomic E-state index is -0.803. The number of carboxylic acids is 1. The summed E-state index contributed by atoms with van der Waals surface area (Å²) in [6.45, 7) is 2.05. The third-order valence-electron chi connectivity index (χ3n) is 1.44. The maximum atomic E-state index is 10.2. The molecule has 0 saturated heterocycles. The average Bonchev–Trinajstić information content (AvgIpc) is 2.09. The van der Waals surface area contributed by atoms with Gasteiger partial charge in [0.25, 0.3) is 0 Å². The molecule has 2 nitrogen and oxygen atoms in total. The molecular formula is C10H15ClO2. The number of halogens is 1. The first-order chi connectivity index (χ1) is 6.16. The van der Waals surface area contributed by atoms with Crippen LogP contribution in [0, 0.1) is 0 Å². The zero-order valence-electron chi connectivity index (χ0n) is 7.74. The molecule has 0 radical (unpaired) electrons. The van der Waals surface area contributed by atoms with Gasteiger partial charge in [-0.3, -0.25) is 4.79 Å². The predicted octanol–water partition coefficient (Wildman–Crippen LogP) is 2.98. The number of aliphatic carboxylic acids is 1. The molecule has 0 saturated carbocycles. The number of alkyl halides is 1. The fraction of sp³-hybridized carbons (Fsp3) is 0.500. The van der Waals surface area contributed by atoms with Crippen LogP contribution in [0.25, 0.3) is 0 Å². The molecule has 0 amide bonds. The lowest BCUT2D eigenvalue weighted by atomic mass is 10.2. The summed E-state index contributed by atoms with van der Waals surface area (Å²) in [6, 6.07) is 0. The normalized spacial score (nSPS) is 14.0. The number of rotatable bonds is 6. The molecule has 0 fully saturated rings. The number of allylic oxidation sites excluding steroid dienone is 4. The van der Waals surface area contributed by atoms with Gasteiger partial charge in [0.2, 0.25) is 0 Å². The van der Waals surface area contributed by atoms with Crippen LogP contribution >= 0.6 is 11.6 Å². The molecule has 74 valence electrons. The minimum absolute atomic E-state index is 0.121. The fourth-order valence-corrected chi connectivity index (χ4v) is 0.950. The summed E-state index contributed by atoms with van der Waals surface area (Å²) >= 11 is 5.82. The van der Waals surface area contributed by atoms with E-state index in [2.05, 4.69) is 0 Å². The van der Waals surface area contributed by atoms with Crippen molar-refractivity contribution in [2.24, 2.45) is 0 Å². The van der Waals surface area contributed by atoms with E-state index >= 15 is 0 Å². The first-order valence-electron chi connectivity index (χ1n) is 4.36. The van der Waals surface area contributed by atoms with E-state index in [0.717, 1.165) is 6.42 Å². The summed E-state index contributed by atoms with van der Waals surface area (Å²) in [5, 5.41) is 8.19. The molecule has 1 unspecified atom stereocenters. The number of hydrogen-bond donors (Lipinski definition) is 1. The zero-order valence-corrected chi connectivity index (χ0v) is 8.50. The van der Waals surface area contributed by atoms with Crippen molar-refractivity contribution in [3.63, 3.8) is 0 Å². The summed E-state index contributed by atoms with van der Waals surface area (Å²) < 4.78 is 0. The lowest BCUT2D eigenvalue weighted by Crippen LogP contribution is -2.00. The minimum Gasteiger partial charge on any atom is -0.481 e. The SMILES string of the molecule is CCC=CC=CC(Cl)CCC(=O)O.